The van der Waals surface area contributed by atoms with Gasteiger partial charge in [-0.1, -0.05) is 75.4 Å². The first-order valence-corrected chi connectivity index (χ1v) is 14.4. The van der Waals surface area contributed by atoms with Crippen molar-refractivity contribution in [2.24, 2.45) is 0 Å². The van der Waals surface area contributed by atoms with Gasteiger partial charge in [-0.3, -0.25) is 9.55 Å². The fraction of sp³-hybridized carbons (Fsp3) is 0.162. The summed E-state index contributed by atoms with van der Waals surface area (Å²) in [4.78, 5) is 9.12. The smallest absolute Gasteiger partial charge is 0.131 e. The molecule has 6 aromatic rings. The first kappa shape index (κ1) is 25.9. The summed E-state index contributed by atoms with van der Waals surface area (Å²) < 4.78 is 8.90. The molecule has 5 heteroatoms. The molecule has 0 radical (unpaired) electrons. The first-order chi connectivity index (χ1) is 20.3. The van der Waals surface area contributed by atoms with Crippen molar-refractivity contribution in [3.63, 3.8) is 0 Å². The average molecular weight is 551 g/mol. The molecule has 0 aliphatic carbocycles. The zero-order chi connectivity index (χ0) is 28.8. The molecule has 3 heterocycles. The summed E-state index contributed by atoms with van der Waals surface area (Å²) in [5, 5.41) is 2.53. The number of anilines is 1. The van der Waals surface area contributed by atoms with Crippen molar-refractivity contribution in [3.8, 4) is 22.8 Å². The Morgan fingerprint density at radius 3 is 2.12 bits per heavy atom. The molecule has 0 bridgehead atoms. The number of nitrogens with zero attached hydrogens (tertiary/aromatic N) is 4. The van der Waals surface area contributed by atoms with E-state index in [1.165, 1.54) is 27.4 Å². The Bertz CT molecular complexity index is 1900. The quantitative estimate of drug-likeness (QED) is 0.214. The number of pyridine rings is 1. The number of hydrogen-bond donors (Lipinski definition) is 0. The van der Waals surface area contributed by atoms with E-state index in [1.807, 2.05) is 36.5 Å². The molecule has 0 atom stereocenters. The van der Waals surface area contributed by atoms with Crippen molar-refractivity contribution in [3.05, 3.63) is 127 Å². The van der Waals surface area contributed by atoms with E-state index in [4.69, 9.17) is 4.74 Å². The molecule has 0 fully saturated rings. The number of aromatic nitrogens is 2. The van der Waals surface area contributed by atoms with Gasteiger partial charge in [0.15, 0.2) is 0 Å². The Morgan fingerprint density at radius 2 is 1.43 bits per heavy atom. The summed E-state index contributed by atoms with van der Waals surface area (Å²) in [5.41, 5.74) is 6.64. The summed E-state index contributed by atoms with van der Waals surface area (Å²) in [6, 6.07) is 38.0. The van der Waals surface area contributed by atoms with Gasteiger partial charge in [-0.2, -0.15) is 0 Å². The minimum Gasteiger partial charge on any atom is -0.457 e. The van der Waals surface area contributed by atoms with E-state index < -0.39 is 0 Å². The lowest BCUT2D eigenvalue weighted by atomic mass is 9.86. The summed E-state index contributed by atoms with van der Waals surface area (Å²) >= 11 is 0. The molecule has 1 aliphatic heterocycles. The number of rotatable bonds is 5. The second-order valence-corrected chi connectivity index (χ2v) is 12.0. The highest BCUT2D eigenvalue weighted by molar-refractivity contribution is 6.10. The van der Waals surface area contributed by atoms with Crippen molar-refractivity contribution < 1.29 is 4.74 Å². The van der Waals surface area contributed by atoms with Gasteiger partial charge >= 0.3 is 0 Å². The third-order valence-corrected chi connectivity index (χ3v) is 7.96. The summed E-state index contributed by atoms with van der Waals surface area (Å²) in [7, 11) is 2.16. The van der Waals surface area contributed by atoms with Crippen LogP contribution in [-0.4, -0.2) is 28.2 Å². The van der Waals surface area contributed by atoms with Crippen LogP contribution in [0.5, 0.6) is 11.5 Å². The van der Waals surface area contributed by atoms with Crippen molar-refractivity contribution in [1.29, 1.82) is 0 Å². The number of fused-ring (bicyclic) bond motifs is 3. The van der Waals surface area contributed by atoms with Crippen LogP contribution in [0.4, 0.5) is 5.69 Å². The van der Waals surface area contributed by atoms with E-state index in [1.54, 1.807) is 0 Å². The van der Waals surface area contributed by atoms with Crippen molar-refractivity contribution >= 4 is 33.3 Å². The van der Waals surface area contributed by atoms with Gasteiger partial charge in [0.1, 0.15) is 17.3 Å². The maximum atomic E-state index is 6.52. The monoisotopic (exact) mass is 550 g/mol. The Labute approximate surface area is 246 Å². The molecular weight excluding hydrogens is 516 g/mol. The molecule has 0 saturated carbocycles. The molecule has 0 N–H and O–H groups in total. The molecule has 0 spiro atoms. The maximum Gasteiger partial charge on any atom is 0.131 e. The number of benzene rings is 4. The second kappa shape index (κ2) is 10.1. The lowest BCUT2D eigenvalue weighted by Gasteiger charge is -2.25. The second-order valence-electron chi connectivity index (χ2n) is 12.0. The first-order valence-electron chi connectivity index (χ1n) is 14.4. The zero-order valence-corrected chi connectivity index (χ0v) is 24.5. The average Bonchev–Trinajstić information content (AvgIpc) is 3.54. The van der Waals surface area contributed by atoms with Crippen LogP contribution in [0.2, 0.25) is 0 Å². The van der Waals surface area contributed by atoms with Crippen LogP contribution in [0.1, 0.15) is 26.3 Å². The highest BCUT2D eigenvalue weighted by Crippen LogP contribution is 2.38. The molecule has 5 nitrogen and oxygen atoms in total. The fourth-order valence-electron chi connectivity index (χ4n) is 5.76. The molecule has 0 saturated heterocycles. The van der Waals surface area contributed by atoms with Crippen LogP contribution >= 0.6 is 0 Å². The predicted octanol–water partition coefficient (Wildman–Crippen LogP) is 9.11. The Hall–Kier alpha value is -5.03. The standard InChI is InChI=1S/C37H34N4O/c1-37(2,3)27-21-28(23-30(22-27)42-29-13-11-12-26(20-29)33-16-9-10-19-38-33)40-24-36(39(4)25-40)41-34-17-7-5-14-31(34)32-15-6-8-18-35(32)41/h5-24H,25H2,1-4H3. The number of hydrogen-bond acceptors (Lipinski definition) is 4. The molecule has 2 aromatic heterocycles. The van der Waals surface area contributed by atoms with Gasteiger partial charge in [-0.15, -0.1) is 0 Å². The van der Waals surface area contributed by atoms with Crippen molar-refractivity contribution in [1.82, 2.24) is 14.5 Å². The highest BCUT2D eigenvalue weighted by Gasteiger charge is 2.25. The van der Waals surface area contributed by atoms with Crippen LogP contribution in [0.25, 0.3) is 38.9 Å². The van der Waals surface area contributed by atoms with E-state index >= 15 is 0 Å². The summed E-state index contributed by atoms with van der Waals surface area (Å²) in [5.74, 6) is 2.74. The van der Waals surface area contributed by atoms with Gasteiger partial charge in [-0.25, -0.2) is 0 Å². The molecule has 208 valence electrons. The van der Waals surface area contributed by atoms with Gasteiger partial charge in [-0.05, 0) is 59.5 Å². The zero-order valence-electron chi connectivity index (χ0n) is 24.5. The molecule has 7 rings (SSSR count). The minimum atomic E-state index is -0.0467. The van der Waals surface area contributed by atoms with Crippen molar-refractivity contribution in [2.45, 2.75) is 26.2 Å². The van der Waals surface area contributed by atoms with Gasteiger partial charge in [0.25, 0.3) is 0 Å². The van der Waals surface area contributed by atoms with Crippen LogP contribution < -0.4 is 9.64 Å². The minimum absolute atomic E-state index is 0.0467. The molecule has 4 aromatic carbocycles. The number of para-hydroxylation sites is 2. The van der Waals surface area contributed by atoms with Gasteiger partial charge < -0.3 is 14.5 Å². The van der Waals surface area contributed by atoms with Crippen LogP contribution in [0.15, 0.2) is 122 Å². The van der Waals surface area contributed by atoms with Gasteiger partial charge in [0, 0.05) is 47.5 Å². The predicted molar refractivity (Wildman–Crippen MR) is 174 cm³/mol. The Morgan fingerprint density at radius 1 is 0.714 bits per heavy atom. The van der Waals surface area contributed by atoms with Crippen LogP contribution in [0.3, 0.4) is 0 Å². The molecular formula is C37H34N4O. The van der Waals surface area contributed by atoms with Gasteiger partial charge in [0.05, 0.1) is 23.4 Å². The third kappa shape index (κ3) is 4.67. The fourth-order valence-corrected chi connectivity index (χ4v) is 5.76. The Kier molecular flexibility index (Phi) is 6.23. The Balaban J connectivity index is 1.29. The van der Waals surface area contributed by atoms with Crippen LogP contribution in [0, 0.1) is 0 Å². The van der Waals surface area contributed by atoms with E-state index in [9.17, 15) is 0 Å². The number of ether oxygens (including phenoxy) is 1. The largest absolute Gasteiger partial charge is 0.457 e. The third-order valence-electron chi connectivity index (χ3n) is 7.96. The van der Waals surface area contributed by atoms with E-state index in [-0.39, 0.29) is 5.41 Å². The van der Waals surface area contributed by atoms with Gasteiger partial charge in [0.2, 0.25) is 0 Å². The van der Waals surface area contributed by atoms with E-state index in [2.05, 4.69) is 132 Å². The maximum absolute atomic E-state index is 6.52. The molecule has 0 unspecified atom stereocenters. The lowest BCUT2D eigenvalue weighted by Crippen LogP contribution is -2.24. The molecule has 1 aliphatic rings. The van der Waals surface area contributed by atoms with Crippen molar-refractivity contribution in [2.75, 3.05) is 18.6 Å². The highest BCUT2D eigenvalue weighted by atomic mass is 16.5. The lowest BCUT2D eigenvalue weighted by molar-refractivity contribution is 0.477. The molecule has 0 amide bonds. The SMILES string of the molecule is CN1CN(c2cc(Oc3cccc(-c4ccccn4)c3)cc(C(C)(C)C)c2)C=C1n1c2ccccc2c2ccccc21. The normalized spacial score (nSPS) is 13.7. The summed E-state index contributed by atoms with van der Waals surface area (Å²) in [6.07, 6.45) is 4.07. The van der Waals surface area contributed by atoms with E-state index in [0.717, 1.165) is 40.9 Å². The molecule has 42 heavy (non-hydrogen) atoms. The summed E-state index contributed by atoms with van der Waals surface area (Å²) in [6.45, 7) is 7.46. The topological polar surface area (TPSA) is 33.5 Å². The van der Waals surface area contributed by atoms with E-state index in [0.29, 0.717) is 0 Å². The van der Waals surface area contributed by atoms with Crippen LogP contribution in [-0.2, 0) is 5.41 Å².